The number of likely N-dealkylation sites (N-methyl/N-ethyl adjacent to an activating group) is 1. The number of methoxy groups -OCH3 is 1. The van der Waals surface area contributed by atoms with Crippen LogP contribution in [0.3, 0.4) is 0 Å². The van der Waals surface area contributed by atoms with E-state index in [-0.39, 0.29) is 42.3 Å². The maximum absolute atomic E-state index is 13.6. The van der Waals surface area contributed by atoms with Crippen molar-refractivity contribution in [2.75, 3.05) is 50.6 Å². The van der Waals surface area contributed by atoms with Gasteiger partial charge in [0.2, 0.25) is 11.8 Å². The zero-order chi connectivity index (χ0) is 39.2. The summed E-state index contributed by atoms with van der Waals surface area (Å²) in [6.45, 7) is 2.42. The number of rotatable bonds is 9. The van der Waals surface area contributed by atoms with E-state index in [0.29, 0.717) is 41.9 Å². The number of likely N-dealkylation sites (tertiary alicyclic amines) is 1. The molecule has 6 aromatic rings. The van der Waals surface area contributed by atoms with E-state index < -0.39 is 0 Å². The number of ether oxygens (including phenoxy) is 1. The normalized spacial score (nSPS) is 19.6. The van der Waals surface area contributed by atoms with Crippen molar-refractivity contribution in [1.29, 1.82) is 0 Å². The molecule has 6 heterocycles. The lowest BCUT2D eigenvalue weighted by Gasteiger charge is -2.37. The average molecular weight is 772 g/mol. The van der Waals surface area contributed by atoms with Gasteiger partial charge in [-0.1, -0.05) is 6.07 Å². The first-order chi connectivity index (χ1) is 27.7. The molecule has 3 fully saturated rings. The second-order valence-electron chi connectivity index (χ2n) is 15.3. The van der Waals surface area contributed by atoms with Gasteiger partial charge in [-0.25, -0.2) is 9.78 Å². The Balaban J connectivity index is 0.784. The van der Waals surface area contributed by atoms with Crippen molar-refractivity contribution >= 4 is 62.7 Å². The number of hydrogen-bond donors (Lipinski definition) is 2. The second-order valence-corrected chi connectivity index (χ2v) is 15.3. The van der Waals surface area contributed by atoms with E-state index in [4.69, 9.17) is 9.84 Å². The van der Waals surface area contributed by atoms with Crippen molar-refractivity contribution in [3.63, 3.8) is 0 Å². The monoisotopic (exact) mass is 771 g/mol. The minimum Gasteiger partial charge on any atom is -0.496 e. The number of imide groups is 1. The van der Waals surface area contributed by atoms with Gasteiger partial charge in [-0.2, -0.15) is 14.7 Å². The molecule has 2 saturated heterocycles. The molecule has 16 nitrogen and oxygen atoms in total. The van der Waals surface area contributed by atoms with Crippen LogP contribution in [-0.2, 0) is 9.59 Å². The first-order valence-corrected chi connectivity index (χ1v) is 19.6. The molecule has 0 bridgehead atoms. The molecule has 2 aromatic carbocycles. The number of hydrogen-bond acceptors (Lipinski definition) is 9. The molecule has 4 aromatic heterocycles. The van der Waals surface area contributed by atoms with Crippen LogP contribution >= 0.6 is 0 Å². The van der Waals surface area contributed by atoms with Crippen LogP contribution in [0.4, 0.5) is 16.3 Å². The van der Waals surface area contributed by atoms with Crippen molar-refractivity contribution in [3.8, 4) is 5.75 Å². The van der Waals surface area contributed by atoms with Crippen molar-refractivity contribution < 1.29 is 23.9 Å². The Labute approximate surface area is 328 Å². The highest BCUT2D eigenvalue weighted by Gasteiger charge is 2.31. The molecule has 1 aliphatic carbocycles. The molecule has 0 spiro atoms. The van der Waals surface area contributed by atoms with Gasteiger partial charge >= 0.3 is 6.03 Å². The van der Waals surface area contributed by atoms with Crippen molar-refractivity contribution in [2.24, 2.45) is 0 Å². The number of amides is 5. The van der Waals surface area contributed by atoms with Gasteiger partial charge < -0.3 is 19.5 Å². The third kappa shape index (κ3) is 6.94. The van der Waals surface area contributed by atoms with Gasteiger partial charge in [-0.05, 0) is 74.9 Å². The molecule has 294 valence electrons. The minimum absolute atomic E-state index is 0.147. The topological polar surface area (TPSA) is 164 Å². The summed E-state index contributed by atoms with van der Waals surface area (Å²) in [5, 5.41) is 16.3. The van der Waals surface area contributed by atoms with Crippen LogP contribution < -0.4 is 20.3 Å². The van der Waals surface area contributed by atoms with Crippen molar-refractivity contribution in [1.82, 2.24) is 44.1 Å². The Hall–Kier alpha value is -6.29. The summed E-state index contributed by atoms with van der Waals surface area (Å²) in [4.78, 5) is 61.4. The molecule has 0 radical (unpaired) electrons. The quantitative estimate of drug-likeness (QED) is 0.206. The zero-order valence-electron chi connectivity index (χ0n) is 32.0. The number of nitrogens with one attached hydrogen (secondary N) is 2. The maximum atomic E-state index is 13.6. The molecule has 57 heavy (non-hydrogen) atoms. The van der Waals surface area contributed by atoms with Crippen LogP contribution in [0.2, 0.25) is 0 Å². The highest BCUT2D eigenvalue weighted by atomic mass is 16.5. The summed E-state index contributed by atoms with van der Waals surface area (Å²) in [6.07, 6.45) is 13.0. The lowest BCUT2D eigenvalue weighted by Crippen LogP contribution is -2.49. The molecule has 9 rings (SSSR count). The Morgan fingerprint density at radius 3 is 2.60 bits per heavy atom. The lowest BCUT2D eigenvalue weighted by atomic mass is 9.90. The molecule has 2 aliphatic heterocycles. The van der Waals surface area contributed by atoms with E-state index in [0.717, 1.165) is 79.1 Å². The average Bonchev–Trinajstić information content (AvgIpc) is 3.97. The van der Waals surface area contributed by atoms with Crippen LogP contribution in [-0.4, -0.2) is 109 Å². The minimum atomic E-state index is -0.381. The van der Waals surface area contributed by atoms with Gasteiger partial charge in [0, 0.05) is 80.6 Å². The third-order valence-electron chi connectivity index (χ3n) is 12.0. The number of nitrogens with zero attached hydrogens (tertiary/aromatic N) is 9. The Bertz CT molecular complexity index is 2510. The summed E-state index contributed by atoms with van der Waals surface area (Å²) >= 11 is 0. The van der Waals surface area contributed by atoms with Gasteiger partial charge in [0.15, 0.2) is 11.5 Å². The molecule has 16 heteroatoms. The second kappa shape index (κ2) is 15.0. The number of aromatic nitrogens is 6. The number of piperidine rings is 1. The van der Waals surface area contributed by atoms with E-state index in [9.17, 15) is 19.2 Å². The zero-order valence-corrected chi connectivity index (χ0v) is 32.0. The molecule has 5 amide bonds. The van der Waals surface area contributed by atoms with E-state index in [1.807, 2.05) is 47.1 Å². The van der Waals surface area contributed by atoms with Crippen LogP contribution in [0.15, 0.2) is 73.3 Å². The third-order valence-corrected chi connectivity index (χ3v) is 12.0. The summed E-state index contributed by atoms with van der Waals surface area (Å²) in [7, 11) is 3.48. The van der Waals surface area contributed by atoms with Gasteiger partial charge in [-0.15, -0.1) is 0 Å². The fraction of sp³-hybridized carbons (Fsp3) is 0.390. The molecule has 3 aliphatic rings. The number of carbonyl (C=O) groups excluding carboxylic acids is 4. The SMILES string of the molecule is COc1cc2nn(C3CCC(N(C)C(=O)CN4CCC(n5ccc6c(N7CCC(=O)NC7=O)cccc65)CC4)CC3)cc2cc1C(=O)Nc1cnc2cccnn12. The fourth-order valence-electron chi connectivity index (χ4n) is 8.80. The van der Waals surface area contributed by atoms with E-state index in [1.54, 1.807) is 41.1 Å². The number of anilines is 2. The molecule has 1 saturated carbocycles. The first kappa shape index (κ1) is 36.4. The van der Waals surface area contributed by atoms with Crippen molar-refractivity contribution in [3.05, 3.63) is 78.9 Å². The summed E-state index contributed by atoms with van der Waals surface area (Å²) in [5.41, 5.74) is 3.64. The van der Waals surface area contributed by atoms with Crippen LogP contribution in [0.5, 0.6) is 5.75 Å². The Morgan fingerprint density at radius 1 is 0.982 bits per heavy atom. The molecular weight excluding hydrogens is 727 g/mol. The number of carbonyl (C=O) groups is 4. The summed E-state index contributed by atoms with van der Waals surface area (Å²) in [6, 6.07) is 15.5. The maximum Gasteiger partial charge on any atom is 0.328 e. The summed E-state index contributed by atoms with van der Waals surface area (Å²) in [5.74, 6) is 0.460. The van der Waals surface area contributed by atoms with Crippen LogP contribution in [0.1, 0.15) is 67.4 Å². The number of fused-ring (bicyclic) bond motifs is 3. The predicted molar refractivity (Wildman–Crippen MR) is 213 cm³/mol. The Kier molecular flexibility index (Phi) is 9.56. The van der Waals surface area contributed by atoms with E-state index in [1.165, 1.54) is 0 Å². The fourth-order valence-corrected chi connectivity index (χ4v) is 8.80. The van der Waals surface area contributed by atoms with E-state index in [2.05, 4.69) is 48.5 Å². The largest absolute Gasteiger partial charge is 0.496 e. The number of imidazole rings is 1. The van der Waals surface area contributed by atoms with Gasteiger partial charge in [0.05, 0.1) is 48.2 Å². The van der Waals surface area contributed by atoms with Gasteiger partial charge in [-0.3, -0.25) is 34.2 Å². The lowest BCUT2D eigenvalue weighted by molar-refractivity contribution is -0.134. The predicted octanol–water partition coefficient (Wildman–Crippen LogP) is 5.02. The van der Waals surface area contributed by atoms with Crippen molar-refractivity contribution in [2.45, 2.75) is 63.1 Å². The smallest absolute Gasteiger partial charge is 0.328 e. The molecule has 0 atom stereocenters. The number of urea groups is 1. The summed E-state index contributed by atoms with van der Waals surface area (Å²) < 4.78 is 11.5. The Morgan fingerprint density at radius 2 is 1.81 bits per heavy atom. The standard InChI is InChI=1S/C41H45N11O5/c1-47(39(54)25-48-17-12-28(13-18-48)49-19-14-30-33(49)5-3-6-34(30)50-20-15-38(53)45-41(50)56)27-8-10-29(11-9-27)51-24-26-21-31(35(57-2)22-32(26)46-51)40(55)44-37-23-42-36-7-4-16-43-52(36)37/h3-7,14,16,19,21-24,27-29H,8-13,15,17-18,20,25H2,1-2H3,(H,44,55)(H,45,53,56). The molecule has 2 N–H and O–H groups in total. The highest BCUT2D eigenvalue weighted by molar-refractivity contribution is 6.10. The van der Waals surface area contributed by atoms with E-state index >= 15 is 0 Å². The van der Waals surface area contributed by atoms with Gasteiger partial charge in [0.1, 0.15) is 5.75 Å². The molecule has 0 unspecified atom stereocenters. The highest BCUT2D eigenvalue weighted by Crippen LogP contribution is 2.35. The molecular formula is C41H45N11O5. The number of benzene rings is 2. The first-order valence-electron chi connectivity index (χ1n) is 19.6. The van der Waals surface area contributed by atoms with Crippen LogP contribution in [0.25, 0.3) is 27.5 Å². The van der Waals surface area contributed by atoms with Crippen LogP contribution in [0, 0.1) is 0 Å². The van der Waals surface area contributed by atoms with Gasteiger partial charge in [0.25, 0.3) is 5.91 Å².